The molecule has 0 bridgehead atoms. The van der Waals surface area contributed by atoms with Gasteiger partial charge in [-0.3, -0.25) is 4.79 Å². The van der Waals surface area contributed by atoms with Gasteiger partial charge in [-0.1, -0.05) is 6.07 Å². The van der Waals surface area contributed by atoms with Gasteiger partial charge in [0.25, 0.3) is 0 Å². The Morgan fingerprint density at radius 2 is 1.94 bits per heavy atom. The standard InChI is InChI=1S/C12H13F2NO/c13-10-1-2-11(12(14)7-10)9-3-5-15(8-16)6-4-9/h1-2,7-9H,3-6H2. The van der Waals surface area contributed by atoms with Gasteiger partial charge in [0.2, 0.25) is 6.41 Å². The van der Waals surface area contributed by atoms with Gasteiger partial charge in [0.05, 0.1) is 0 Å². The van der Waals surface area contributed by atoms with E-state index in [1.54, 1.807) is 4.90 Å². The number of likely N-dealkylation sites (tertiary alicyclic amines) is 1. The Labute approximate surface area is 92.9 Å². The van der Waals surface area contributed by atoms with Crippen molar-refractivity contribution < 1.29 is 13.6 Å². The Bertz CT molecular complexity index is 387. The van der Waals surface area contributed by atoms with Gasteiger partial charge in [-0.25, -0.2) is 8.78 Å². The molecule has 4 heteroatoms. The summed E-state index contributed by atoms with van der Waals surface area (Å²) in [7, 11) is 0. The van der Waals surface area contributed by atoms with Crippen molar-refractivity contribution >= 4 is 6.41 Å². The van der Waals surface area contributed by atoms with Crippen LogP contribution >= 0.6 is 0 Å². The number of carbonyl (C=O) groups excluding carboxylic acids is 1. The first-order chi connectivity index (χ1) is 7.70. The molecular weight excluding hydrogens is 212 g/mol. The first-order valence-electron chi connectivity index (χ1n) is 5.35. The van der Waals surface area contributed by atoms with Gasteiger partial charge in [-0.15, -0.1) is 0 Å². The molecule has 1 heterocycles. The highest BCUT2D eigenvalue weighted by atomic mass is 19.1. The van der Waals surface area contributed by atoms with Crippen LogP contribution in [0.25, 0.3) is 0 Å². The van der Waals surface area contributed by atoms with E-state index in [9.17, 15) is 13.6 Å². The summed E-state index contributed by atoms with van der Waals surface area (Å²) in [4.78, 5) is 12.2. The van der Waals surface area contributed by atoms with Crippen molar-refractivity contribution in [3.05, 3.63) is 35.4 Å². The lowest BCUT2D eigenvalue weighted by Gasteiger charge is -2.29. The molecule has 2 nitrogen and oxygen atoms in total. The molecule has 0 aromatic heterocycles. The number of carbonyl (C=O) groups is 1. The Morgan fingerprint density at radius 1 is 1.25 bits per heavy atom. The molecule has 0 atom stereocenters. The molecule has 0 spiro atoms. The minimum absolute atomic E-state index is 0.0943. The smallest absolute Gasteiger partial charge is 0.209 e. The molecule has 1 amide bonds. The number of nitrogens with zero attached hydrogens (tertiary/aromatic N) is 1. The normalized spacial score (nSPS) is 17.5. The summed E-state index contributed by atoms with van der Waals surface area (Å²) < 4.78 is 26.2. The lowest BCUT2D eigenvalue weighted by atomic mass is 9.89. The highest BCUT2D eigenvalue weighted by molar-refractivity contribution is 5.47. The van der Waals surface area contributed by atoms with Crippen molar-refractivity contribution in [3.8, 4) is 0 Å². The lowest BCUT2D eigenvalue weighted by molar-refractivity contribution is -0.119. The zero-order chi connectivity index (χ0) is 11.5. The molecule has 0 N–H and O–H groups in total. The molecule has 0 unspecified atom stereocenters. The van der Waals surface area contributed by atoms with Gasteiger partial charge in [0, 0.05) is 19.2 Å². The molecule has 0 aliphatic carbocycles. The number of hydrogen-bond acceptors (Lipinski definition) is 1. The van der Waals surface area contributed by atoms with E-state index in [1.807, 2.05) is 0 Å². The second kappa shape index (κ2) is 4.60. The highest BCUT2D eigenvalue weighted by Crippen LogP contribution is 2.29. The minimum atomic E-state index is -0.549. The second-order valence-electron chi connectivity index (χ2n) is 4.08. The average molecular weight is 225 g/mol. The van der Waals surface area contributed by atoms with E-state index in [2.05, 4.69) is 0 Å². The summed E-state index contributed by atoms with van der Waals surface area (Å²) in [5, 5.41) is 0. The summed E-state index contributed by atoms with van der Waals surface area (Å²) in [5.74, 6) is -0.937. The third-order valence-corrected chi connectivity index (χ3v) is 3.08. The van der Waals surface area contributed by atoms with Gasteiger partial charge in [0.1, 0.15) is 11.6 Å². The predicted molar refractivity (Wildman–Crippen MR) is 56.0 cm³/mol. The topological polar surface area (TPSA) is 20.3 Å². The molecule has 1 aromatic carbocycles. The Balaban J connectivity index is 2.11. The SMILES string of the molecule is O=CN1CCC(c2ccc(F)cc2F)CC1. The summed E-state index contributed by atoms with van der Waals surface area (Å²) in [5.41, 5.74) is 0.562. The molecular formula is C12H13F2NO. The Morgan fingerprint density at radius 3 is 2.50 bits per heavy atom. The number of amides is 1. The molecule has 0 radical (unpaired) electrons. The zero-order valence-corrected chi connectivity index (χ0v) is 8.83. The molecule has 16 heavy (non-hydrogen) atoms. The van der Waals surface area contributed by atoms with Gasteiger partial charge in [0.15, 0.2) is 0 Å². The van der Waals surface area contributed by atoms with Crippen molar-refractivity contribution in [3.63, 3.8) is 0 Å². The number of rotatable bonds is 2. The van der Waals surface area contributed by atoms with Gasteiger partial charge >= 0.3 is 0 Å². The summed E-state index contributed by atoms with van der Waals surface area (Å²) >= 11 is 0. The van der Waals surface area contributed by atoms with Crippen molar-refractivity contribution in [1.82, 2.24) is 4.90 Å². The molecule has 0 saturated carbocycles. The maximum absolute atomic E-state index is 13.5. The van der Waals surface area contributed by atoms with Crippen LogP contribution in [0.1, 0.15) is 24.3 Å². The Kier molecular flexibility index (Phi) is 3.17. The molecule has 1 fully saturated rings. The minimum Gasteiger partial charge on any atom is -0.345 e. The third kappa shape index (κ3) is 2.21. The molecule has 1 aliphatic heterocycles. The first-order valence-corrected chi connectivity index (χ1v) is 5.35. The first kappa shape index (κ1) is 11.0. The van der Waals surface area contributed by atoms with Gasteiger partial charge in [-0.2, -0.15) is 0 Å². The number of benzene rings is 1. The van der Waals surface area contributed by atoms with Crippen LogP contribution in [0.15, 0.2) is 18.2 Å². The highest BCUT2D eigenvalue weighted by Gasteiger charge is 2.22. The van der Waals surface area contributed by atoms with E-state index >= 15 is 0 Å². The fraction of sp³-hybridized carbons (Fsp3) is 0.417. The van der Waals surface area contributed by atoms with E-state index in [4.69, 9.17) is 0 Å². The van der Waals surface area contributed by atoms with Crippen molar-refractivity contribution in [2.45, 2.75) is 18.8 Å². The summed E-state index contributed by atoms with van der Waals surface area (Å²) in [6, 6.07) is 3.71. The van der Waals surface area contributed by atoms with E-state index in [-0.39, 0.29) is 5.92 Å². The fourth-order valence-electron chi connectivity index (χ4n) is 2.15. The predicted octanol–water partition coefficient (Wildman–Crippen LogP) is 2.30. The fourth-order valence-corrected chi connectivity index (χ4v) is 2.15. The maximum atomic E-state index is 13.5. The zero-order valence-electron chi connectivity index (χ0n) is 8.83. The van der Waals surface area contributed by atoms with Crippen molar-refractivity contribution in [2.24, 2.45) is 0 Å². The molecule has 1 saturated heterocycles. The summed E-state index contributed by atoms with van der Waals surface area (Å²) in [6.07, 6.45) is 2.29. The third-order valence-electron chi connectivity index (χ3n) is 3.08. The largest absolute Gasteiger partial charge is 0.345 e. The van der Waals surface area contributed by atoms with E-state index in [1.165, 1.54) is 12.1 Å². The van der Waals surface area contributed by atoms with Crippen LogP contribution in [0.4, 0.5) is 8.78 Å². The quantitative estimate of drug-likeness (QED) is 0.707. The molecule has 2 rings (SSSR count). The molecule has 86 valence electrons. The lowest BCUT2D eigenvalue weighted by Crippen LogP contribution is -2.31. The maximum Gasteiger partial charge on any atom is 0.209 e. The van der Waals surface area contributed by atoms with Crippen molar-refractivity contribution in [2.75, 3.05) is 13.1 Å². The summed E-state index contributed by atoms with van der Waals surface area (Å²) in [6.45, 7) is 1.29. The van der Waals surface area contributed by atoms with Gasteiger partial charge < -0.3 is 4.90 Å². The second-order valence-corrected chi connectivity index (χ2v) is 4.08. The average Bonchev–Trinajstić information content (AvgIpc) is 2.29. The number of piperidine rings is 1. The van der Waals surface area contributed by atoms with Crippen LogP contribution in [0.5, 0.6) is 0 Å². The molecule has 1 aliphatic rings. The van der Waals surface area contributed by atoms with Crippen LogP contribution in [0.2, 0.25) is 0 Å². The van der Waals surface area contributed by atoms with Crippen LogP contribution in [0.3, 0.4) is 0 Å². The van der Waals surface area contributed by atoms with Crippen LogP contribution in [-0.2, 0) is 4.79 Å². The Hall–Kier alpha value is -1.45. The number of hydrogen-bond donors (Lipinski definition) is 0. The van der Waals surface area contributed by atoms with E-state index in [0.29, 0.717) is 18.7 Å². The van der Waals surface area contributed by atoms with Crippen molar-refractivity contribution in [1.29, 1.82) is 0 Å². The van der Waals surface area contributed by atoms with E-state index in [0.717, 1.165) is 25.3 Å². The van der Waals surface area contributed by atoms with Crippen LogP contribution in [-0.4, -0.2) is 24.4 Å². The van der Waals surface area contributed by atoms with Crippen LogP contribution < -0.4 is 0 Å². The van der Waals surface area contributed by atoms with Gasteiger partial charge in [-0.05, 0) is 30.4 Å². The van der Waals surface area contributed by atoms with E-state index < -0.39 is 11.6 Å². The molecule has 1 aromatic rings. The van der Waals surface area contributed by atoms with Crippen LogP contribution in [0, 0.1) is 11.6 Å². The monoisotopic (exact) mass is 225 g/mol. The number of halogens is 2.